The number of nitrogens with two attached hydrogens (primary N) is 1. The summed E-state index contributed by atoms with van der Waals surface area (Å²) in [5, 5.41) is 5.52. The van der Waals surface area contributed by atoms with Gasteiger partial charge >= 0.3 is 5.97 Å². The van der Waals surface area contributed by atoms with Crippen LogP contribution in [0.25, 0.3) is 21.5 Å². The second-order valence-electron chi connectivity index (χ2n) is 6.36. The Morgan fingerprint density at radius 1 is 1.26 bits per heavy atom. The summed E-state index contributed by atoms with van der Waals surface area (Å²) >= 11 is 13.9. The van der Waals surface area contributed by atoms with E-state index in [1.165, 1.54) is 11.3 Å². The summed E-state index contributed by atoms with van der Waals surface area (Å²) < 4.78 is 12.8. The molecule has 0 atom stereocenters. The molecule has 4 aromatic rings. The summed E-state index contributed by atoms with van der Waals surface area (Å²) in [5.41, 5.74) is 6.91. The summed E-state index contributed by atoms with van der Waals surface area (Å²) in [6.07, 6.45) is 3.53. The van der Waals surface area contributed by atoms with Gasteiger partial charge in [0.2, 0.25) is 5.95 Å². The van der Waals surface area contributed by atoms with Crippen molar-refractivity contribution in [3.05, 3.63) is 51.6 Å². The van der Waals surface area contributed by atoms with Gasteiger partial charge in [-0.25, -0.2) is 14.8 Å². The van der Waals surface area contributed by atoms with Gasteiger partial charge in [-0.05, 0) is 31.2 Å². The molecule has 0 saturated carbocycles. The third kappa shape index (κ3) is 4.58. The molecule has 0 spiro atoms. The number of anilines is 1. The molecule has 3 heterocycles. The third-order valence-corrected chi connectivity index (χ3v) is 5.80. The summed E-state index contributed by atoms with van der Waals surface area (Å²) in [6, 6.07) is 6.77. The number of thiophene rings is 1. The maximum absolute atomic E-state index is 12.2. The molecule has 0 aliphatic rings. The number of hydrogen-bond donors (Lipinski definition) is 1. The zero-order valence-corrected chi connectivity index (χ0v) is 18.7. The fourth-order valence-electron chi connectivity index (χ4n) is 3.01. The van der Waals surface area contributed by atoms with Crippen molar-refractivity contribution in [1.82, 2.24) is 19.7 Å². The molecule has 4 rings (SSSR count). The van der Waals surface area contributed by atoms with Gasteiger partial charge in [-0.15, -0.1) is 11.3 Å². The fraction of sp³-hybridized carbons (Fsp3) is 0.200. The quantitative estimate of drug-likeness (QED) is 0.384. The molecule has 2 N–H and O–H groups in total. The molecule has 0 radical (unpaired) electrons. The van der Waals surface area contributed by atoms with E-state index in [9.17, 15) is 4.79 Å². The van der Waals surface area contributed by atoms with Crippen LogP contribution < -0.4 is 10.5 Å². The van der Waals surface area contributed by atoms with Crippen molar-refractivity contribution in [3.8, 4) is 17.0 Å². The molecule has 0 unspecified atom stereocenters. The number of esters is 1. The predicted molar refractivity (Wildman–Crippen MR) is 121 cm³/mol. The molecule has 160 valence electrons. The SMILES string of the molecule is CCOC(=O)c1cc2c(-c3c(Cl)cc(Cl)cc3OCCn3cccn3)nc(N)nc2s1. The van der Waals surface area contributed by atoms with E-state index in [0.29, 0.717) is 55.3 Å². The van der Waals surface area contributed by atoms with Gasteiger partial charge in [0, 0.05) is 22.8 Å². The first-order valence-electron chi connectivity index (χ1n) is 9.30. The maximum Gasteiger partial charge on any atom is 0.348 e. The number of fused-ring (bicyclic) bond motifs is 1. The number of hydrogen-bond acceptors (Lipinski definition) is 8. The largest absolute Gasteiger partial charge is 0.491 e. The molecule has 0 amide bonds. The van der Waals surface area contributed by atoms with Crippen molar-refractivity contribution >= 4 is 56.7 Å². The monoisotopic (exact) mass is 477 g/mol. The van der Waals surface area contributed by atoms with Crippen LogP contribution in [0.5, 0.6) is 5.75 Å². The summed E-state index contributed by atoms with van der Waals surface area (Å²) in [7, 11) is 0. The molecule has 0 bridgehead atoms. The van der Waals surface area contributed by atoms with Gasteiger partial charge in [0.25, 0.3) is 0 Å². The van der Waals surface area contributed by atoms with Crippen molar-refractivity contribution in [2.24, 2.45) is 0 Å². The molecular formula is C20H17Cl2N5O3S. The molecule has 0 saturated heterocycles. The zero-order chi connectivity index (χ0) is 22.0. The van der Waals surface area contributed by atoms with Crippen LogP contribution in [-0.4, -0.2) is 38.9 Å². The Morgan fingerprint density at radius 3 is 2.84 bits per heavy atom. The fourth-order valence-corrected chi connectivity index (χ4v) is 4.50. The second-order valence-corrected chi connectivity index (χ2v) is 8.23. The van der Waals surface area contributed by atoms with Gasteiger partial charge in [0.1, 0.15) is 22.1 Å². The van der Waals surface area contributed by atoms with Gasteiger partial charge in [-0.2, -0.15) is 5.10 Å². The minimum Gasteiger partial charge on any atom is -0.491 e. The van der Waals surface area contributed by atoms with Gasteiger partial charge < -0.3 is 15.2 Å². The Hall–Kier alpha value is -2.88. The van der Waals surface area contributed by atoms with E-state index >= 15 is 0 Å². The molecular weight excluding hydrogens is 461 g/mol. The molecule has 11 heteroatoms. The van der Waals surface area contributed by atoms with Crippen LogP contribution in [0.3, 0.4) is 0 Å². The minimum absolute atomic E-state index is 0.0493. The van der Waals surface area contributed by atoms with Crippen LogP contribution in [0.2, 0.25) is 10.0 Å². The summed E-state index contributed by atoms with van der Waals surface area (Å²) in [5.74, 6) is 0.0501. The molecule has 8 nitrogen and oxygen atoms in total. The van der Waals surface area contributed by atoms with Crippen molar-refractivity contribution in [1.29, 1.82) is 0 Å². The van der Waals surface area contributed by atoms with Crippen LogP contribution in [0.4, 0.5) is 5.95 Å². The Balaban J connectivity index is 1.78. The van der Waals surface area contributed by atoms with Gasteiger partial charge in [0.05, 0.1) is 29.4 Å². The van der Waals surface area contributed by atoms with Crippen LogP contribution in [0.15, 0.2) is 36.7 Å². The zero-order valence-electron chi connectivity index (χ0n) is 16.3. The average Bonchev–Trinajstić information content (AvgIpc) is 3.37. The van der Waals surface area contributed by atoms with Gasteiger partial charge in [0.15, 0.2) is 0 Å². The van der Waals surface area contributed by atoms with Gasteiger partial charge in [-0.3, -0.25) is 4.68 Å². The summed E-state index contributed by atoms with van der Waals surface area (Å²) in [4.78, 5) is 21.8. The number of rotatable bonds is 7. The lowest BCUT2D eigenvalue weighted by Gasteiger charge is -2.14. The first-order valence-corrected chi connectivity index (χ1v) is 10.9. The first-order chi connectivity index (χ1) is 15.0. The maximum atomic E-state index is 12.2. The van der Waals surface area contributed by atoms with Crippen molar-refractivity contribution in [2.75, 3.05) is 18.9 Å². The predicted octanol–water partition coefficient (Wildman–Crippen LogP) is 4.70. The number of ether oxygens (including phenoxy) is 2. The molecule has 1 aromatic carbocycles. The Labute approximate surface area is 191 Å². The van der Waals surface area contributed by atoms with E-state index in [2.05, 4.69) is 15.1 Å². The number of benzene rings is 1. The summed E-state index contributed by atoms with van der Waals surface area (Å²) in [6.45, 7) is 2.87. The topological polar surface area (TPSA) is 105 Å². The number of carbonyl (C=O) groups excluding carboxylic acids is 1. The number of nitrogen functional groups attached to an aromatic ring is 1. The lowest BCUT2D eigenvalue weighted by molar-refractivity contribution is 0.0532. The smallest absolute Gasteiger partial charge is 0.348 e. The molecule has 3 aromatic heterocycles. The van der Waals surface area contributed by atoms with Crippen molar-refractivity contribution in [2.45, 2.75) is 13.5 Å². The first kappa shape index (κ1) is 21.4. The highest BCUT2D eigenvalue weighted by Crippen LogP contribution is 2.42. The lowest BCUT2D eigenvalue weighted by Crippen LogP contribution is -2.09. The Morgan fingerprint density at radius 2 is 2.10 bits per heavy atom. The van der Waals surface area contributed by atoms with Crippen LogP contribution in [0, 0.1) is 0 Å². The molecule has 31 heavy (non-hydrogen) atoms. The molecule has 0 aliphatic carbocycles. The van der Waals surface area contributed by atoms with E-state index in [-0.39, 0.29) is 12.6 Å². The third-order valence-electron chi connectivity index (χ3n) is 4.28. The lowest BCUT2D eigenvalue weighted by atomic mass is 10.1. The normalized spacial score (nSPS) is 11.1. The van der Waals surface area contributed by atoms with E-state index < -0.39 is 5.97 Å². The van der Waals surface area contributed by atoms with Gasteiger partial charge in [-0.1, -0.05) is 23.2 Å². The number of nitrogens with zero attached hydrogens (tertiary/aromatic N) is 4. The second kappa shape index (κ2) is 9.09. The van der Waals surface area contributed by atoms with Crippen LogP contribution in [0.1, 0.15) is 16.6 Å². The minimum atomic E-state index is -0.437. The molecule has 0 aliphatic heterocycles. The molecule has 0 fully saturated rings. The van der Waals surface area contributed by atoms with E-state index in [4.69, 9.17) is 38.4 Å². The number of halogens is 2. The van der Waals surface area contributed by atoms with Crippen LogP contribution in [-0.2, 0) is 11.3 Å². The number of carbonyl (C=O) groups is 1. The van der Waals surface area contributed by atoms with E-state index in [1.807, 2.05) is 12.3 Å². The van der Waals surface area contributed by atoms with Crippen molar-refractivity contribution < 1.29 is 14.3 Å². The highest BCUT2D eigenvalue weighted by atomic mass is 35.5. The highest BCUT2D eigenvalue weighted by molar-refractivity contribution is 7.20. The highest BCUT2D eigenvalue weighted by Gasteiger charge is 2.22. The van der Waals surface area contributed by atoms with E-state index in [0.717, 1.165) is 0 Å². The van der Waals surface area contributed by atoms with Crippen molar-refractivity contribution in [3.63, 3.8) is 0 Å². The number of aromatic nitrogens is 4. The van der Waals surface area contributed by atoms with E-state index in [1.54, 1.807) is 36.0 Å². The standard InChI is InChI=1S/C20H17Cl2N5O3S/c1-2-29-19(28)15-10-12-17(25-20(23)26-18(12)31-15)16-13(22)8-11(21)9-14(16)30-7-6-27-5-3-4-24-27/h3-5,8-10H,2,6-7H2,1H3,(H2,23,25,26). The van der Waals surface area contributed by atoms with Crippen LogP contribution >= 0.6 is 34.5 Å². The Bertz CT molecular complexity index is 1240. The average molecular weight is 478 g/mol. The Kier molecular flexibility index (Phi) is 6.26.